The van der Waals surface area contributed by atoms with Gasteiger partial charge in [-0.3, -0.25) is 9.79 Å². The van der Waals surface area contributed by atoms with Crippen molar-refractivity contribution in [3.05, 3.63) is 36.0 Å². The van der Waals surface area contributed by atoms with Crippen molar-refractivity contribution < 1.29 is 9.53 Å². The van der Waals surface area contributed by atoms with E-state index in [1.807, 2.05) is 28.7 Å². The van der Waals surface area contributed by atoms with Gasteiger partial charge in [-0.05, 0) is 41.1 Å². The number of hydrogen-bond acceptors (Lipinski definition) is 7. The van der Waals surface area contributed by atoms with Crippen molar-refractivity contribution in [2.45, 2.75) is 6.92 Å². The van der Waals surface area contributed by atoms with Crippen LogP contribution in [0.3, 0.4) is 0 Å². The van der Waals surface area contributed by atoms with Gasteiger partial charge in [0, 0.05) is 23.4 Å². The average Bonchev–Trinajstić information content (AvgIpc) is 3.13. The molecule has 4 N–H and O–H groups in total. The van der Waals surface area contributed by atoms with E-state index in [1.54, 1.807) is 13.1 Å². The zero-order valence-electron chi connectivity index (χ0n) is 14.5. The first kappa shape index (κ1) is 19.5. The molecule has 0 saturated carbocycles. The third-order valence-corrected chi connectivity index (χ3v) is 5.75. The number of nitrogen functional groups attached to an aromatic ring is 2. The van der Waals surface area contributed by atoms with E-state index in [0.717, 1.165) is 16.6 Å². The number of esters is 1. The lowest BCUT2D eigenvalue weighted by Gasteiger charge is -2.10. The summed E-state index contributed by atoms with van der Waals surface area (Å²) < 4.78 is 6.76. The molecule has 1 atom stereocenters. The number of fused-ring (bicyclic) bond motifs is 1. The van der Waals surface area contributed by atoms with Gasteiger partial charge in [-0.2, -0.15) is 5.10 Å². The van der Waals surface area contributed by atoms with Crippen LogP contribution in [0.2, 0.25) is 0 Å². The lowest BCUT2D eigenvalue weighted by molar-refractivity contribution is -0.141. The first-order valence-electron chi connectivity index (χ1n) is 8.10. The van der Waals surface area contributed by atoms with Crippen molar-refractivity contribution >= 4 is 63.0 Å². The fourth-order valence-corrected chi connectivity index (χ4v) is 4.19. The summed E-state index contributed by atoms with van der Waals surface area (Å²) in [4.78, 5) is 19.9. The number of nitrogens with two attached hydrogens (primary N) is 2. The number of carbonyl (C=O) groups excluding carboxylic acids is 1. The van der Waals surface area contributed by atoms with Gasteiger partial charge in [0.2, 0.25) is 0 Å². The highest BCUT2D eigenvalue weighted by Crippen LogP contribution is 2.33. The molecule has 0 aliphatic heterocycles. The van der Waals surface area contributed by atoms with Crippen molar-refractivity contribution in [1.29, 1.82) is 0 Å². The lowest BCUT2D eigenvalue weighted by atomic mass is 10.1. The largest absolute Gasteiger partial charge is 0.465 e. The monoisotopic (exact) mass is 496 g/mol. The second-order valence-corrected chi connectivity index (χ2v) is 7.58. The molecule has 1 unspecified atom stereocenters. The summed E-state index contributed by atoms with van der Waals surface area (Å²) in [6.07, 6.45) is 3.73. The highest BCUT2D eigenvalue weighted by atomic mass is 127. The van der Waals surface area contributed by atoms with Crippen LogP contribution in [0.25, 0.3) is 22.2 Å². The van der Waals surface area contributed by atoms with E-state index in [-0.39, 0.29) is 12.4 Å². The number of benzene rings is 1. The van der Waals surface area contributed by atoms with Crippen LogP contribution in [0.15, 0.2) is 35.5 Å². The van der Waals surface area contributed by atoms with Gasteiger partial charge in [0.05, 0.1) is 35.4 Å². The predicted molar refractivity (Wildman–Crippen MR) is 119 cm³/mol. The van der Waals surface area contributed by atoms with Gasteiger partial charge in [-0.25, -0.2) is 9.44 Å². The van der Waals surface area contributed by atoms with Gasteiger partial charge in [-0.15, -0.1) is 0 Å². The SMILES string of the molecule is CCOC(=O)CN=Cc1c(N)nc2cc(-c3ccnn3PI)ccc2c1N. The number of pyridine rings is 1. The molecular formula is C17H18IN6O2P. The maximum atomic E-state index is 11.4. The quantitative estimate of drug-likeness (QED) is 0.234. The highest BCUT2D eigenvalue weighted by molar-refractivity contribution is 14.2. The van der Waals surface area contributed by atoms with Gasteiger partial charge >= 0.3 is 5.97 Å². The summed E-state index contributed by atoms with van der Waals surface area (Å²) >= 11 is 2.28. The molecule has 0 saturated heterocycles. The Hall–Kier alpha value is -2.26. The Morgan fingerprint density at radius 1 is 1.41 bits per heavy atom. The normalized spacial score (nSPS) is 11.8. The number of rotatable bonds is 6. The maximum Gasteiger partial charge on any atom is 0.327 e. The van der Waals surface area contributed by atoms with Crippen LogP contribution < -0.4 is 11.5 Å². The summed E-state index contributed by atoms with van der Waals surface area (Å²) in [6, 6.07) is 7.77. The van der Waals surface area contributed by atoms with Crippen molar-refractivity contribution in [3.8, 4) is 11.3 Å². The van der Waals surface area contributed by atoms with E-state index in [0.29, 0.717) is 29.7 Å². The fourth-order valence-electron chi connectivity index (χ4n) is 2.63. The summed E-state index contributed by atoms with van der Waals surface area (Å²) in [5.41, 5.74) is 16.0. The number of halogens is 1. The zero-order chi connectivity index (χ0) is 19.4. The smallest absolute Gasteiger partial charge is 0.327 e. The molecule has 10 heteroatoms. The molecule has 140 valence electrons. The average molecular weight is 496 g/mol. The van der Waals surface area contributed by atoms with Crippen molar-refractivity contribution in [3.63, 3.8) is 0 Å². The van der Waals surface area contributed by atoms with Gasteiger partial charge in [0.1, 0.15) is 12.4 Å². The molecule has 1 aromatic carbocycles. The Balaban J connectivity index is 1.97. The van der Waals surface area contributed by atoms with E-state index in [4.69, 9.17) is 16.2 Å². The first-order valence-corrected chi connectivity index (χ1v) is 12.2. The van der Waals surface area contributed by atoms with Gasteiger partial charge in [0.15, 0.2) is 0 Å². The summed E-state index contributed by atoms with van der Waals surface area (Å²) in [5, 5.41) is 5.07. The van der Waals surface area contributed by atoms with E-state index in [9.17, 15) is 4.79 Å². The highest BCUT2D eigenvalue weighted by Gasteiger charge is 2.12. The minimum absolute atomic E-state index is 0.0925. The molecule has 0 fully saturated rings. The molecule has 8 nitrogen and oxygen atoms in total. The number of hydrogen-bond donors (Lipinski definition) is 2. The second-order valence-electron chi connectivity index (χ2n) is 5.54. The standard InChI is InChI=1S/C17H18IN6O2P/c1-2-26-15(25)9-21-8-12-16(19)11-4-3-10(7-13(11)23-17(12)20)14-5-6-22-24(14)27-18/h3-8,27H,2,9H2,1H3,(H4,19,20,23). The number of carbonyl (C=O) groups is 1. The van der Waals surface area contributed by atoms with E-state index in [2.05, 4.69) is 37.1 Å². The summed E-state index contributed by atoms with van der Waals surface area (Å²) in [6.45, 7) is 1.97. The van der Waals surface area contributed by atoms with Crippen LogP contribution in [0.5, 0.6) is 0 Å². The summed E-state index contributed by atoms with van der Waals surface area (Å²) in [5.74, 6) is -0.147. The van der Waals surface area contributed by atoms with Crippen LogP contribution in [0.4, 0.5) is 11.5 Å². The number of ether oxygens (including phenoxy) is 1. The van der Waals surface area contributed by atoms with E-state index >= 15 is 0 Å². The van der Waals surface area contributed by atoms with Gasteiger partial charge in [-0.1, -0.05) is 12.1 Å². The number of aliphatic imine (C=N–C) groups is 1. The topological polar surface area (TPSA) is 121 Å². The van der Waals surface area contributed by atoms with Crippen LogP contribution in [-0.2, 0) is 9.53 Å². The maximum absolute atomic E-state index is 11.4. The number of aromatic nitrogens is 3. The number of anilines is 2. The molecule has 0 bridgehead atoms. The van der Waals surface area contributed by atoms with Crippen molar-refractivity contribution in [2.75, 3.05) is 24.6 Å². The Morgan fingerprint density at radius 3 is 2.96 bits per heavy atom. The molecule has 0 aliphatic carbocycles. The minimum atomic E-state index is -0.406. The number of nitrogens with zero attached hydrogens (tertiary/aromatic N) is 4. The molecular weight excluding hydrogens is 478 g/mol. The Kier molecular flexibility index (Phi) is 6.22. The van der Waals surface area contributed by atoms with Crippen LogP contribution >= 0.6 is 28.4 Å². The first-order chi connectivity index (χ1) is 13.0. The lowest BCUT2D eigenvalue weighted by Crippen LogP contribution is -2.09. The molecule has 0 spiro atoms. The molecule has 2 heterocycles. The summed E-state index contributed by atoms with van der Waals surface area (Å²) in [7, 11) is 0. The third kappa shape index (κ3) is 4.19. The minimum Gasteiger partial charge on any atom is -0.465 e. The van der Waals surface area contributed by atoms with Crippen molar-refractivity contribution in [1.82, 2.24) is 14.5 Å². The molecule has 0 radical (unpaired) electrons. The molecule has 2 aromatic heterocycles. The molecule has 27 heavy (non-hydrogen) atoms. The fraction of sp³-hybridized carbons (Fsp3) is 0.176. The van der Waals surface area contributed by atoms with E-state index < -0.39 is 5.97 Å². The van der Waals surface area contributed by atoms with Crippen LogP contribution in [0, 0.1) is 0 Å². The van der Waals surface area contributed by atoms with Crippen LogP contribution in [-0.4, -0.2) is 39.9 Å². The van der Waals surface area contributed by atoms with Gasteiger partial charge in [0.25, 0.3) is 0 Å². The Morgan fingerprint density at radius 2 is 2.22 bits per heavy atom. The molecule has 0 aliphatic rings. The Bertz CT molecular complexity index is 1020. The van der Waals surface area contributed by atoms with Crippen molar-refractivity contribution in [2.24, 2.45) is 4.99 Å². The molecule has 0 amide bonds. The Labute approximate surface area is 170 Å². The predicted octanol–water partition coefficient (Wildman–Crippen LogP) is 3.04. The molecule has 3 rings (SSSR count). The third-order valence-electron chi connectivity index (χ3n) is 3.86. The van der Waals surface area contributed by atoms with Gasteiger partial charge < -0.3 is 16.2 Å². The van der Waals surface area contributed by atoms with E-state index in [1.165, 1.54) is 6.21 Å². The zero-order valence-corrected chi connectivity index (χ0v) is 17.7. The molecule has 3 aromatic rings. The van der Waals surface area contributed by atoms with Crippen LogP contribution in [0.1, 0.15) is 12.5 Å². The second kappa shape index (κ2) is 8.62.